The van der Waals surface area contributed by atoms with Gasteiger partial charge in [0.2, 0.25) is 0 Å². The number of nitrogens with zero attached hydrogens (tertiary/aromatic N) is 2. The molecule has 0 saturated carbocycles. The zero-order valence-corrected chi connectivity index (χ0v) is 8.51. The number of carbonyl (C=O) groups is 1. The van der Waals surface area contributed by atoms with Crippen LogP contribution in [0.5, 0.6) is 0 Å². The van der Waals surface area contributed by atoms with Crippen LogP contribution in [0.4, 0.5) is 0 Å². The maximum absolute atomic E-state index is 11.3. The molecule has 0 spiro atoms. The summed E-state index contributed by atoms with van der Waals surface area (Å²) in [7, 11) is 1.61. The van der Waals surface area contributed by atoms with E-state index in [1.165, 1.54) is 0 Å². The molecule has 0 fully saturated rings. The van der Waals surface area contributed by atoms with Gasteiger partial charge in [-0.05, 0) is 20.8 Å². The van der Waals surface area contributed by atoms with Gasteiger partial charge in [-0.15, -0.1) is 0 Å². The second-order valence-electron chi connectivity index (χ2n) is 2.95. The Balaban J connectivity index is 3.17. The fraction of sp³-hybridized carbons (Fsp3) is 0.556. The van der Waals surface area contributed by atoms with E-state index in [9.17, 15) is 4.79 Å². The molecule has 1 aromatic heterocycles. The third kappa shape index (κ3) is 1.56. The summed E-state index contributed by atoms with van der Waals surface area (Å²) in [6.07, 6.45) is 0. The van der Waals surface area contributed by atoms with Crippen molar-refractivity contribution >= 4 is 5.91 Å². The van der Waals surface area contributed by atoms with Gasteiger partial charge in [0, 0.05) is 24.8 Å². The average molecular weight is 181 g/mol. The molecular formula is C9H15N3O. The minimum absolute atomic E-state index is 0.118. The topological polar surface area (TPSA) is 46.9 Å². The normalized spacial score (nSPS) is 10.2. The lowest BCUT2D eigenvalue weighted by Crippen LogP contribution is -2.19. The molecule has 0 aliphatic rings. The lowest BCUT2D eigenvalue weighted by molar-refractivity contribution is 0.0957. The van der Waals surface area contributed by atoms with Crippen molar-refractivity contribution in [2.24, 2.45) is 0 Å². The van der Waals surface area contributed by atoms with Crippen molar-refractivity contribution in [3.63, 3.8) is 0 Å². The van der Waals surface area contributed by atoms with E-state index in [1.807, 2.05) is 25.5 Å². The van der Waals surface area contributed by atoms with Crippen LogP contribution in [0.25, 0.3) is 0 Å². The molecule has 1 aromatic rings. The second kappa shape index (κ2) is 3.60. The van der Waals surface area contributed by atoms with Gasteiger partial charge in [-0.1, -0.05) is 0 Å². The summed E-state index contributed by atoms with van der Waals surface area (Å²) in [6, 6.07) is 0. The van der Waals surface area contributed by atoms with Crippen molar-refractivity contribution in [3.05, 3.63) is 17.0 Å². The molecule has 0 atom stereocenters. The van der Waals surface area contributed by atoms with Crippen LogP contribution < -0.4 is 5.32 Å². The molecule has 1 rings (SSSR count). The van der Waals surface area contributed by atoms with Crippen molar-refractivity contribution in [1.29, 1.82) is 0 Å². The number of nitrogens with one attached hydrogen (secondary N) is 1. The number of hydrogen-bond donors (Lipinski definition) is 1. The third-order valence-electron chi connectivity index (χ3n) is 2.25. The molecule has 72 valence electrons. The van der Waals surface area contributed by atoms with Gasteiger partial charge in [-0.2, -0.15) is 5.10 Å². The number of carbonyl (C=O) groups excluding carboxylic acids is 1. The Morgan fingerprint density at radius 1 is 1.54 bits per heavy atom. The first-order chi connectivity index (χ1) is 6.11. The van der Waals surface area contributed by atoms with Crippen LogP contribution in [0.1, 0.15) is 28.7 Å². The molecule has 1 amide bonds. The molecule has 1 heterocycles. The van der Waals surface area contributed by atoms with E-state index in [0.717, 1.165) is 17.8 Å². The molecule has 0 saturated heterocycles. The van der Waals surface area contributed by atoms with Crippen LogP contribution in [-0.2, 0) is 6.54 Å². The molecule has 0 aliphatic heterocycles. The molecule has 13 heavy (non-hydrogen) atoms. The molecule has 0 aromatic carbocycles. The van der Waals surface area contributed by atoms with E-state index in [2.05, 4.69) is 10.4 Å². The maximum Gasteiger partial charge on any atom is 0.271 e. The summed E-state index contributed by atoms with van der Waals surface area (Å²) in [6.45, 7) is 6.69. The van der Waals surface area contributed by atoms with Gasteiger partial charge in [0.1, 0.15) is 0 Å². The van der Waals surface area contributed by atoms with Gasteiger partial charge in [-0.25, -0.2) is 0 Å². The van der Waals surface area contributed by atoms with Crippen molar-refractivity contribution < 1.29 is 4.79 Å². The van der Waals surface area contributed by atoms with Gasteiger partial charge >= 0.3 is 0 Å². The van der Waals surface area contributed by atoms with E-state index in [4.69, 9.17) is 0 Å². The average Bonchev–Trinajstić information content (AvgIpc) is 2.43. The minimum atomic E-state index is -0.118. The van der Waals surface area contributed by atoms with Crippen LogP contribution in [0.2, 0.25) is 0 Å². The summed E-state index contributed by atoms with van der Waals surface area (Å²) in [5, 5.41) is 6.78. The minimum Gasteiger partial charge on any atom is -0.354 e. The fourth-order valence-corrected chi connectivity index (χ4v) is 1.28. The molecule has 0 bridgehead atoms. The standard InChI is InChI=1S/C9H15N3O/c1-5-12-7(3)6(2)8(11-12)9(13)10-4/h5H2,1-4H3,(H,10,13). The van der Waals surface area contributed by atoms with Crippen molar-refractivity contribution in [3.8, 4) is 0 Å². The summed E-state index contributed by atoms with van der Waals surface area (Å²) in [5.74, 6) is -0.118. The van der Waals surface area contributed by atoms with Gasteiger partial charge in [0.05, 0.1) is 0 Å². The fourth-order valence-electron chi connectivity index (χ4n) is 1.28. The first-order valence-electron chi connectivity index (χ1n) is 4.37. The van der Waals surface area contributed by atoms with Crippen LogP contribution in [0.15, 0.2) is 0 Å². The molecule has 4 nitrogen and oxygen atoms in total. The Morgan fingerprint density at radius 3 is 2.54 bits per heavy atom. The zero-order valence-electron chi connectivity index (χ0n) is 8.51. The Labute approximate surface area is 77.9 Å². The van der Waals surface area contributed by atoms with Crippen LogP contribution in [0, 0.1) is 13.8 Å². The SMILES string of the molecule is CCn1nc(C(=O)NC)c(C)c1C. The number of amides is 1. The van der Waals surface area contributed by atoms with Crippen LogP contribution in [-0.4, -0.2) is 22.7 Å². The maximum atomic E-state index is 11.3. The molecule has 0 unspecified atom stereocenters. The quantitative estimate of drug-likeness (QED) is 0.736. The van der Waals surface area contributed by atoms with E-state index >= 15 is 0 Å². The molecular weight excluding hydrogens is 166 g/mol. The second-order valence-corrected chi connectivity index (χ2v) is 2.95. The molecule has 0 aliphatic carbocycles. The monoisotopic (exact) mass is 181 g/mol. The smallest absolute Gasteiger partial charge is 0.271 e. The van der Waals surface area contributed by atoms with Crippen molar-refractivity contribution in [1.82, 2.24) is 15.1 Å². The summed E-state index contributed by atoms with van der Waals surface area (Å²) in [4.78, 5) is 11.3. The number of hydrogen-bond acceptors (Lipinski definition) is 2. The van der Waals surface area contributed by atoms with Gasteiger partial charge in [0.15, 0.2) is 5.69 Å². The number of aromatic nitrogens is 2. The predicted molar refractivity (Wildman–Crippen MR) is 50.8 cm³/mol. The number of rotatable bonds is 2. The highest BCUT2D eigenvalue weighted by atomic mass is 16.1. The summed E-state index contributed by atoms with van der Waals surface area (Å²) in [5.41, 5.74) is 2.55. The van der Waals surface area contributed by atoms with E-state index < -0.39 is 0 Å². The van der Waals surface area contributed by atoms with E-state index in [-0.39, 0.29) is 5.91 Å². The molecule has 0 radical (unpaired) electrons. The van der Waals surface area contributed by atoms with E-state index in [1.54, 1.807) is 7.05 Å². The van der Waals surface area contributed by atoms with Crippen molar-refractivity contribution in [2.75, 3.05) is 7.05 Å². The Kier molecular flexibility index (Phi) is 2.70. The Morgan fingerprint density at radius 2 is 2.15 bits per heavy atom. The Bertz CT molecular complexity index is 328. The van der Waals surface area contributed by atoms with Crippen LogP contribution in [0.3, 0.4) is 0 Å². The Hall–Kier alpha value is -1.32. The van der Waals surface area contributed by atoms with Gasteiger partial charge in [0.25, 0.3) is 5.91 Å². The van der Waals surface area contributed by atoms with Crippen LogP contribution >= 0.6 is 0 Å². The first-order valence-corrected chi connectivity index (χ1v) is 4.37. The molecule has 1 N–H and O–H groups in total. The highest BCUT2D eigenvalue weighted by Crippen LogP contribution is 2.11. The lowest BCUT2D eigenvalue weighted by Gasteiger charge is -1.96. The summed E-state index contributed by atoms with van der Waals surface area (Å²) >= 11 is 0. The summed E-state index contributed by atoms with van der Waals surface area (Å²) < 4.78 is 1.83. The predicted octanol–water partition coefficient (Wildman–Crippen LogP) is 0.879. The lowest BCUT2D eigenvalue weighted by atomic mass is 10.2. The zero-order chi connectivity index (χ0) is 10.0. The largest absolute Gasteiger partial charge is 0.354 e. The first kappa shape index (κ1) is 9.77. The van der Waals surface area contributed by atoms with Gasteiger partial charge < -0.3 is 5.32 Å². The van der Waals surface area contributed by atoms with E-state index in [0.29, 0.717) is 5.69 Å². The van der Waals surface area contributed by atoms with Crippen molar-refractivity contribution in [2.45, 2.75) is 27.3 Å². The number of aryl methyl sites for hydroxylation is 1. The van der Waals surface area contributed by atoms with Gasteiger partial charge in [-0.3, -0.25) is 9.48 Å². The third-order valence-corrected chi connectivity index (χ3v) is 2.25. The highest BCUT2D eigenvalue weighted by molar-refractivity contribution is 5.93. The highest BCUT2D eigenvalue weighted by Gasteiger charge is 2.15. The molecule has 4 heteroatoms.